The van der Waals surface area contributed by atoms with E-state index in [1.807, 2.05) is 6.92 Å². The number of rotatable bonds is 6. The molecule has 0 aliphatic rings. The summed E-state index contributed by atoms with van der Waals surface area (Å²) in [5.74, 6) is -0.801. The fourth-order valence-corrected chi connectivity index (χ4v) is 0.889. The molecule has 68 valence electrons. The number of carboxylic acids is 1. The van der Waals surface area contributed by atoms with Crippen LogP contribution in [-0.4, -0.2) is 11.1 Å². The zero-order valence-electron chi connectivity index (χ0n) is 7.55. The highest BCUT2D eigenvalue weighted by molar-refractivity contribution is 5.86. The molecule has 2 heteroatoms. The Morgan fingerprint density at radius 2 is 2.25 bits per heavy atom. The number of hydrogen-bond donors (Lipinski definition) is 1. The molecule has 1 N–H and O–H groups in total. The Morgan fingerprint density at radius 3 is 2.67 bits per heavy atom. The minimum absolute atomic E-state index is 0.511. The van der Waals surface area contributed by atoms with Gasteiger partial charge in [-0.3, -0.25) is 0 Å². The van der Waals surface area contributed by atoms with Gasteiger partial charge >= 0.3 is 5.97 Å². The number of carbonyl (C=O) groups is 1. The Balaban J connectivity index is 4.02. The lowest BCUT2D eigenvalue weighted by atomic mass is 10.1. The molecule has 0 aromatic rings. The SMILES string of the molecule is C=CC/C=C(/CCCC)C(=O)O. The van der Waals surface area contributed by atoms with Crippen molar-refractivity contribution in [3.05, 3.63) is 24.3 Å². The molecule has 0 heterocycles. The van der Waals surface area contributed by atoms with Crippen molar-refractivity contribution < 1.29 is 9.90 Å². The second-order valence-electron chi connectivity index (χ2n) is 2.66. The third kappa shape index (κ3) is 4.72. The van der Waals surface area contributed by atoms with Crippen LogP contribution >= 0.6 is 0 Å². The maximum absolute atomic E-state index is 10.6. The van der Waals surface area contributed by atoms with E-state index in [-0.39, 0.29) is 0 Å². The highest BCUT2D eigenvalue weighted by atomic mass is 16.4. The summed E-state index contributed by atoms with van der Waals surface area (Å²) in [5.41, 5.74) is 0.511. The van der Waals surface area contributed by atoms with Crippen LogP contribution in [-0.2, 0) is 4.79 Å². The van der Waals surface area contributed by atoms with Gasteiger partial charge < -0.3 is 5.11 Å². The van der Waals surface area contributed by atoms with Crippen LogP contribution in [0.25, 0.3) is 0 Å². The van der Waals surface area contributed by atoms with Crippen LogP contribution in [0.1, 0.15) is 32.6 Å². The highest BCUT2D eigenvalue weighted by Gasteiger charge is 2.04. The molecule has 0 fully saturated rings. The maximum Gasteiger partial charge on any atom is 0.331 e. The molecule has 12 heavy (non-hydrogen) atoms. The van der Waals surface area contributed by atoms with Gasteiger partial charge in [0.1, 0.15) is 0 Å². The minimum Gasteiger partial charge on any atom is -0.478 e. The number of unbranched alkanes of at least 4 members (excludes halogenated alkanes) is 1. The molecule has 0 spiro atoms. The van der Waals surface area contributed by atoms with Gasteiger partial charge in [-0.1, -0.05) is 25.5 Å². The first-order chi connectivity index (χ1) is 5.72. The highest BCUT2D eigenvalue weighted by Crippen LogP contribution is 2.08. The standard InChI is InChI=1S/C10H16O2/c1-3-5-7-9(10(11)12)8-6-4-2/h3,7H,1,4-6,8H2,2H3,(H,11,12)/b9-7-. The number of carboxylic acid groups (broad SMARTS) is 1. The maximum atomic E-state index is 10.6. The normalized spacial score (nSPS) is 11.2. The van der Waals surface area contributed by atoms with Gasteiger partial charge in [-0.15, -0.1) is 6.58 Å². The molecule has 0 aromatic heterocycles. The van der Waals surface area contributed by atoms with Gasteiger partial charge in [0, 0.05) is 5.57 Å². The first-order valence-corrected chi connectivity index (χ1v) is 4.25. The van der Waals surface area contributed by atoms with Crippen LogP contribution in [0.2, 0.25) is 0 Å². The van der Waals surface area contributed by atoms with E-state index in [1.54, 1.807) is 12.2 Å². The second kappa shape index (κ2) is 6.65. The third-order valence-electron chi connectivity index (χ3n) is 1.61. The predicted octanol–water partition coefficient (Wildman–Crippen LogP) is 2.76. The van der Waals surface area contributed by atoms with Gasteiger partial charge in [-0.25, -0.2) is 4.79 Å². The molecule has 0 aliphatic heterocycles. The van der Waals surface area contributed by atoms with Crippen molar-refractivity contribution in [2.24, 2.45) is 0 Å². The van der Waals surface area contributed by atoms with Crippen molar-refractivity contribution in [1.82, 2.24) is 0 Å². The van der Waals surface area contributed by atoms with Gasteiger partial charge in [-0.05, 0) is 19.3 Å². The van der Waals surface area contributed by atoms with E-state index in [1.165, 1.54) is 0 Å². The van der Waals surface area contributed by atoms with Crippen molar-refractivity contribution in [3.63, 3.8) is 0 Å². The second-order valence-corrected chi connectivity index (χ2v) is 2.66. The molecule has 0 saturated carbocycles. The molecule has 0 radical (unpaired) electrons. The van der Waals surface area contributed by atoms with Crippen molar-refractivity contribution in [2.75, 3.05) is 0 Å². The first kappa shape index (κ1) is 11.0. The van der Waals surface area contributed by atoms with Gasteiger partial charge in [0.05, 0.1) is 0 Å². The summed E-state index contributed by atoms with van der Waals surface area (Å²) in [6.45, 7) is 5.58. The molecule has 0 bridgehead atoms. The molecule has 2 nitrogen and oxygen atoms in total. The summed E-state index contributed by atoms with van der Waals surface area (Å²) in [7, 11) is 0. The lowest BCUT2D eigenvalue weighted by molar-refractivity contribution is -0.132. The number of allylic oxidation sites excluding steroid dienone is 2. The third-order valence-corrected chi connectivity index (χ3v) is 1.61. The van der Waals surface area contributed by atoms with Crippen LogP contribution in [0.3, 0.4) is 0 Å². The molecular formula is C10H16O2. The van der Waals surface area contributed by atoms with Gasteiger partial charge in [-0.2, -0.15) is 0 Å². The van der Waals surface area contributed by atoms with Gasteiger partial charge in [0.15, 0.2) is 0 Å². The first-order valence-electron chi connectivity index (χ1n) is 4.25. The smallest absolute Gasteiger partial charge is 0.331 e. The molecular weight excluding hydrogens is 152 g/mol. The van der Waals surface area contributed by atoms with E-state index in [0.717, 1.165) is 12.8 Å². The van der Waals surface area contributed by atoms with E-state index in [9.17, 15) is 4.79 Å². The number of aliphatic carboxylic acids is 1. The van der Waals surface area contributed by atoms with E-state index < -0.39 is 5.97 Å². The largest absolute Gasteiger partial charge is 0.478 e. The van der Waals surface area contributed by atoms with E-state index >= 15 is 0 Å². The van der Waals surface area contributed by atoms with Crippen molar-refractivity contribution >= 4 is 5.97 Å². The van der Waals surface area contributed by atoms with Gasteiger partial charge in [0.2, 0.25) is 0 Å². The van der Waals surface area contributed by atoms with Crippen LogP contribution in [0.4, 0.5) is 0 Å². The zero-order chi connectivity index (χ0) is 9.40. The topological polar surface area (TPSA) is 37.3 Å². The monoisotopic (exact) mass is 168 g/mol. The van der Waals surface area contributed by atoms with E-state index in [2.05, 4.69) is 6.58 Å². The van der Waals surface area contributed by atoms with E-state index in [0.29, 0.717) is 18.4 Å². The Morgan fingerprint density at radius 1 is 1.58 bits per heavy atom. The van der Waals surface area contributed by atoms with Crippen molar-refractivity contribution in [3.8, 4) is 0 Å². The van der Waals surface area contributed by atoms with Crippen LogP contribution in [0, 0.1) is 0 Å². The van der Waals surface area contributed by atoms with Gasteiger partial charge in [0.25, 0.3) is 0 Å². The summed E-state index contributed by atoms with van der Waals surface area (Å²) >= 11 is 0. The molecule has 0 amide bonds. The lowest BCUT2D eigenvalue weighted by Gasteiger charge is -1.99. The Kier molecular flexibility index (Phi) is 6.07. The Labute approximate surface area is 73.6 Å². The fourth-order valence-electron chi connectivity index (χ4n) is 0.889. The summed E-state index contributed by atoms with van der Waals surface area (Å²) in [6, 6.07) is 0. The average Bonchev–Trinajstić information content (AvgIpc) is 2.04. The van der Waals surface area contributed by atoms with E-state index in [4.69, 9.17) is 5.11 Å². The summed E-state index contributed by atoms with van der Waals surface area (Å²) in [5, 5.41) is 8.72. The molecule has 0 aliphatic carbocycles. The molecule has 0 saturated heterocycles. The summed E-state index contributed by atoms with van der Waals surface area (Å²) in [4.78, 5) is 10.6. The van der Waals surface area contributed by atoms with Crippen molar-refractivity contribution in [1.29, 1.82) is 0 Å². The summed E-state index contributed by atoms with van der Waals surface area (Å²) < 4.78 is 0. The quantitative estimate of drug-likeness (QED) is 0.489. The lowest BCUT2D eigenvalue weighted by Crippen LogP contribution is -2.00. The Hall–Kier alpha value is -1.05. The zero-order valence-corrected chi connectivity index (χ0v) is 7.55. The Bertz CT molecular complexity index is 180. The minimum atomic E-state index is -0.801. The van der Waals surface area contributed by atoms with Crippen LogP contribution in [0.15, 0.2) is 24.3 Å². The average molecular weight is 168 g/mol. The fraction of sp³-hybridized carbons (Fsp3) is 0.500. The number of hydrogen-bond acceptors (Lipinski definition) is 1. The molecule has 0 unspecified atom stereocenters. The molecule has 0 atom stereocenters. The summed E-state index contributed by atoms with van der Waals surface area (Å²) in [6.07, 6.45) is 6.71. The van der Waals surface area contributed by atoms with Crippen LogP contribution < -0.4 is 0 Å². The predicted molar refractivity (Wildman–Crippen MR) is 50.1 cm³/mol. The van der Waals surface area contributed by atoms with Crippen LogP contribution in [0.5, 0.6) is 0 Å². The molecule has 0 rings (SSSR count). The van der Waals surface area contributed by atoms with Crippen molar-refractivity contribution in [2.45, 2.75) is 32.6 Å². The molecule has 0 aromatic carbocycles.